The first-order chi connectivity index (χ1) is 15.1. The summed E-state index contributed by atoms with van der Waals surface area (Å²) in [5.74, 6) is -1.29. The Morgan fingerprint density at radius 1 is 1.34 bits per heavy atom. The van der Waals surface area contributed by atoms with Gasteiger partial charge in [-0.25, -0.2) is 9.11 Å². The van der Waals surface area contributed by atoms with Crippen LogP contribution >= 0.6 is 0 Å². The highest BCUT2D eigenvalue weighted by Gasteiger charge is 2.34. The molecule has 1 aliphatic carbocycles. The van der Waals surface area contributed by atoms with Crippen LogP contribution in [0.5, 0.6) is 5.75 Å². The largest absolute Gasteiger partial charge is 0.493 e. The molecule has 0 unspecified atom stereocenters. The van der Waals surface area contributed by atoms with Gasteiger partial charge in [-0.1, -0.05) is 19.9 Å². The molecule has 32 heavy (non-hydrogen) atoms. The molecule has 0 aromatic heterocycles. The van der Waals surface area contributed by atoms with Gasteiger partial charge in [-0.2, -0.15) is 12.7 Å². The number of carbonyl (C=O) groups excluding carboxylic acids is 1. The van der Waals surface area contributed by atoms with Gasteiger partial charge >= 0.3 is 10.2 Å². The fourth-order valence-electron chi connectivity index (χ4n) is 4.09. The minimum Gasteiger partial charge on any atom is -0.493 e. The summed E-state index contributed by atoms with van der Waals surface area (Å²) in [5.41, 5.74) is 0.305. The van der Waals surface area contributed by atoms with Gasteiger partial charge in [0, 0.05) is 24.6 Å². The van der Waals surface area contributed by atoms with Crippen molar-refractivity contribution in [2.75, 3.05) is 19.7 Å². The third-order valence-corrected chi connectivity index (χ3v) is 8.12. The summed E-state index contributed by atoms with van der Waals surface area (Å²) >= 11 is 0. The molecule has 2 N–H and O–H groups in total. The van der Waals surface area contributed by atoms with Gasteiger partial charge in [0.05, 0.1) is 18.3 Å². The van der Waals surface area contributed by atoms with Crippen LogP contribution in [0.15, 0.2) is 24.8 Å². The molecule has 1 amide bonds. The van der Waals surface area contributed by atoms with Gasteiger partial charge in [-0.15, -0.1) is 6.58 Å². The number of nitrogens with zero attached hydrogens (tertiary/aromatic N) is 1. The number of aliphatic hydroxyl groups excluding tert-OH is 1. The third-order valence-electron chi connectivity index (χ3n) is 6.66. The number of hydrogen-bond acceptors (Lipinski definition) is 5. The Morgan fingerprint density at radius 3 is 2.56 bits per heavy atom. The Morgan fingerprint density at radius 2 is 2.03 bits per heavy atom. The monoisotopic (exact) mass is 468 g/mol. The van der Waals surface area contributed by atoms with Crippen LogP contribution in [-0.4, -0.2) is 49.5 Å². The molecule has 1 aliphatic heterocycles. The SMILES string of the molecule is C=CCC(CC)(CC)COc1cc(F)c(C(=O)NS(=O)(=O)N2CC[C@H](O)C2)cc1C1CC1. The van der Waals surface area contributed by atoms with E-state index in [2.05, 4.69) is 20.4 Å². The number of hydrogen-bond donors (Lipinski definition) is 2. The number of aliphatic hydroxyl groups is 1. The summed E-state index contributed by atoms with van der Waals surface area (Å²) in [6, 6.07) is 2.61. The number of rotatable bonds is 11. The number of amides is 1. The number of benzene rings is 1. The lowest BCUT2D eigenvalue weighted by molar-refractivity contribution is 0.0974. The van der Waals surface area contributed by atoms with Crippen LogP contribution in [0.25, 0.3) is 0 Å². The molecule has 1 saturated heterocycles. The number of halogens is 1. The molecule has 178 valence electrons. The predicted molar refractivity (Wildman–Crippen MR) is 120 cm³/mol. The molecule has 0 spiro atoms. The molecule has 1 aromatic carbocycles. The van der Waals surface area contributed by atoms with E-state index >= 15 is 0 Å². The summed E-state index contributed by atoms with van der Waals surface area (Å²) in [6.45, 7) is 8.43. The van der Waals surface area contributed by atoms with Crippen LogP contribution in [0, 0.1) is 11.2 Å². The molecular weight excluding hydrogens is 435 g/mol. The molecule has 1 aromatic rings. The first-order valence-corrected chi connectivity index (χ1v) is 12.7. The maximum Gasteiger partial charge on any atom is 0.304 e. The van der Waals surface area contributed by atoms with Crippen LogP contribution < -0.4 is 9.46 Å². The van der Waals surface area contributed by atoms with Gasteiger partial charge in [0.25, 0.3) is 5.91 Å². The summed E-state index contributed by atoms with van der Waals surface area (Å²) in [4.78, 5) is 12.6. The van der Waals surface area contributed by atoms with Crippen LogP contribution in [0.2, 0.25) is 0 Å². The van der Waals surface area contributed by atoms with Gasteiger partial charge in [-0.3, -0.25) is 4.79 Å². The van der Waals surface area contributed by atoms with Crippen molar-refractivity contribution in [3.05, 3.63) is 41.7 Å². The average molecular weight is 469 g/mol. The molecule has 2 aliphatic rings. The maximum atomic E-state index is 14.9. The molecule has 1 heterocycles. The Bertz CT molecular complexity index is 957. The van der Waals surface area contributed by atoms with E-state index in [-0.39, 0.29) is 30.0 Å². The Labute approximate surface area is 189 Å². The van der Waals surface area contributed by atoms with E-state index in [4.69, 9.17) is 4.74 Å². The molecule has 1 atom stereocenters. The van der Waals surface area contributed by atoms with Crippen molar-refractivity contribution < 1.29 is 27.4 Å². The standard InChI is InChI=1S/C23H33FN2O5S/c1-4-10-23(5-2,6-3)15-31-21-13-20(24)19(12-18(21)16-7-8-16)22(28)25-32(29,30)26-11-9-17(27)14-26/h4,12-13,16-17,27H,1,5-11,14-15H2,2-3H3,(H,25,28)/t17-/m0/s1. The summed E-state index contributed by atoms with van der Waals surface area (Å²) in [7, 11) is -4.16. The highest BCUT2D eigenvalue weighted by molar-refractivity contribution is 7.87. The molecule has 1 saturated carbocycles. The van der Waals surface area contributed by atoms with Crippen LogP contribution in [0.1, 0.15) is 74.2 Å². The second-order valence-electron chi connectivity index (χ2n) is 8.87. The number of β-amino-alcohol motifs (C(OH)–C–C–N with tert-alkyl or cyclic N) is 1. The van der Waals surface area contributed by atoms with Gasteiger partial charge in [-0.05, 0) is 56.1 Å². The van der Waals surface area contributed by atoms with E-state index < -0.39 is 28.0 Å². The van der Waals surface area contributed by atoms with Gasteiger partial charge in [0.2, 0.25) is 0 Å². The number of allylic oxidation sites excluding steroid dienone is 1. The van der Waals surface area contributed by atoms with Crippen molar-refractivity contribution in [2.45, 2.75) is 64.4 Å². The normalized spacial score (nSPS) is 19.7. The van der Waals surface area contributed by atoms with E-state index in [0.717, 1.165) is 42.0 Å². The summed E-state index contributed by atoms with van der Waals surface area (Å²) in [5, 5.41) is 9.57. The zero-order valence-corrected chi connectivity index (χ0v) is 19.6. The fourth-order valence-corrected chi connectivity index (χ4v) is 5.28. The number of ether oxygens (including phenoxy) is 1. The second kappa shape index (κ2) is 9.89. The summed E-state index contributed by atoms with van der Waals surface area (Å²) in [6.07, 6.45) is 5.77. The smallest absolute Gasteiger partial charge is 0.304 e. The zero-order valence-electron chi connectivity index (χ0n) is 18.8. The average Bonchev–Trinajstić information content (AvgIpc) is 3.50. The molecule has 7 nitrogen and oxygen atoms in total. The van der Waals surface area contributed by atoms with Gasteiger partial charge in [0.1, 0.15) is 11.6 Å². The Kier molecular flexibility index (Phi) is 7.62. The van der Waals surface area contributed by atoms with Crippen LogP contribution in [0.4, 0.5) is 4.39 Å². The lowest BCUT2D eigenvalue weighted by atomic mass is 9.80. The molecule has 2 fully saturated rings. The summed E-state index contributed by atoms with van der Waals surface area (Å²) < 4.78 is 48.8. The van der Waals surface area contributed by atoms with Crippen molar-refractivity contribution in [1.82, 2.24) is 9.03 Å². The van der Waals surface area contributed by atoms with E-state index in [1.54, 1.807) is 0 Å². The van der Waals surface area contributed by atoms with Crippen molar-refractivity contribution in [3.8, 4) is 5.75 Å². The lowest BCUT2D eigenvalue weighted by Crippen LogP contribution is -2.43. The minimum atomic E-state index is -4.16. The van der Waals surface area contributed by atoms with Crippen LogP contribution in [0.3, 0.4) is 0 Å². The molecular formula is C23H33FN2O5S. The van der Waals surface area contributed by atoms with Crippen molar-refractivity contribution >= 4 is 16.1 Å². The van der Waals surface area contributed by atoms with E-state index in [0.29, 0.717) is 18.8 Å². The Balaban J connectivity index is 1.81. The quantitative estimate of drug-likeness (QED) is 0.485. The molecule has 3 rings (SSSR count). The van der Waals surface area contributed by atoms with Gasteiger partial charge < -0.3 is 9.84 Å². The van der Waals surface area contributed by atoms with Crippen molar-refractivity contribution in [2.24, 2.45) is 5.41 Å². The molecule has 0 radical (unpaired) electrons. The van der Waals surface area contributed by atoms with E-state index in [9.17, 15) is 22.7 Å². The first kappa shape index (κ1) is 24.7. The zero-order chi connectivity index (χ0) is 23.5. The van der Waals surface area contributed by atoms with Crippen LogP contribution in [-0.2, 0) is 10.2 Å². The third kappa shape index (κ3) is 5.50. The lowest BCUT2D eigenvalue weighted by Gasteiger charge is -2.31. The van der Waals surface area contributed by atoms with Crippen molar-refractivity contribution in [3.63, 3.8) is 0 Å². The first-order valence-electron chi connectivity index (χ1n) is 11.2. The van der Waals surface area contributed by atoms with Gasteiger partial charge in [0.15, 0.2) is 0 Å². The number of carbonyl (C=O) groups is 1. The second-order valence-corrected chi connectivity index (χ2v) is 10.5. The maximum absolute atomic E-state index is 14.9. The number of nitrogens with one attached hydrogen (secondary N) is 1. The van der Waals surface area contributed by atoms with E-state index in [1.165, 1.54) is 12.1 Å². The van der Waals surface area contributed by atoms with E-state index in [1.807, 2.05) is 10.8 Å². The minimum absolute atomic E-state index is 0.0908. The van der Waals surface area contributed by atoms with Crippen molar-refractivity contribution in [1.29, 1.82) is 0 Å². The highest BCUT2D eigenvalue weighted by Crippen LogP contribution is 2.45. The fraction of sp³-hybridized carbons (Fsp3) is 0.609. The Hall–Kier alpha value is -1.97. The highest BCUT2D eigenvalue weighted by atomic mass is 32.2. The molecule has 0 bridgehead atoms. The molecule has 9 heteroatoms. The topological polar surface area (TPSA) is 95.9 Å². The predicted octanol–water partition coefficient (Wildman–Crippen LogP) is 3.51.